The first kappa shape index (κ1) is 13.6. The van der Waals surface area contributed by atoms with E-state index in [1.165, 1.54) is 5.56 Å². The van der Waals surface area contributed by atoms with Crippen LogP contribution in [0.2, 0.25) is 0 Å². The third-order valence-corrected chi connectivity index (χ3v) is 2.52. The quantitative estimate of drug-likeness (QED) is 0.904. The van der Waals surface area contributed by atoms with Gasteiger partial charge in [0.2, 0.25) is 0 Å². The molecule has 0 unspecified atom stereocenters. The van der Waals surface area contributed by atoms with Crippen LogP contribution in [-0.4, -0.2) is 9.78 Å². The van der Waals surface area contributed by atoms with Gasteiger partial charge in [-0.25, -0.2) is 4.68 Å². The van der Waals surface area contributed by atoms with Crippen molar-refractivity contribution in [2.45, 2.75) is 26.9 Å². The highest BCUT2D eigenvalue weighted by Gasteiger charge is 2.02. The maximum atomic E-state index is 4.40. The minimum Gasteiger partial charge on any atom is -0.366 e. The highest BCUT2D eigenvalue weighted by atomic mass is 35.5. The van der Waals surface area contributed by atoms with Crippen molar-refractivity contribution in [1.82, 2.24) is 9.78 Å². The van der Waals surface area contributed by atoms with Crippen LogP contribution in [0.1, 0.15) is 18.2 Å². The van der Waals surface area contributed by atoms with Crippen molar-refractivity contribution >= 4 is 18.2 Å². The third-order valence-electron chi connectivity index (χ3n) is 2.52. The highest BCUT2D eigenvalue weighted by Crippen LogP contribution is 2.11. The summed E-state index contributed by atoms with van der Waals surface area (Å²) in [5.41, 5.74) is 2.33. The molecule has 0 bridgehead atoms. The zero-order valence-electron chi connectivity index (χ0n) is 10.2. The van der Waals surface area contributed by atoms with Crippen molar-refractivity contribution in [3.63, 3.8) is 0 Å². The summed E-state index contributed by atoms with van der Waals surface area (Å²) in [5.74, 6) is 1.09. The molecule has 1 heterocycles. The van der Waals surface area contributed by atoms with Crippen molar-refractivity contribution < 1.29 is 0 Å². The largest absolute Gasteiger partial charge is 0.366 e. The molecule has 1 aromatic carbocycles. The summed E-state index contributed by atoms with van der Waals surface area (Å²) in [6.07, 6.45) is 0. The van der Waals surface area contributed by atoms with Gasteiger partial charge < -0.3 is 5.32 Å². The molecule has 0 atom stereocenters. The molecule has 0 amide bonds. The van der Waals surface area contributed by atoms with E-state index in [1.807, 2.05) is 17.7 Å². The number of hydrogen-bond donors (Lipinski definition) is 1. The molecule has 0 aliphatic rings. The number of aromatic nitrogens is 2. The number of aryl methyl sites for hydroxylation is 2. The Hall–Kier alpha value is -1.48. The van der Waals surface area contributed by atoms with Gasteiger partial charge >= 0.3 is 0 Å². The van der Waals surface area contributed by atoms with E-state index in [1.54, 1.807) is 0 Å². The fourth-order valence-corrected chi connectivity index (χ4v) is 1.72. The number of nitrogens with one attached hydrogen (secondary N) is 1. The summed E-state index contributed by atoms with van der Waals surface area (Å²) >= 11 is 0. The smallest absolute Gasteiger partial charge is 0.124 e. The molecule has 0 fully saturated rings. The van der Waals surface area contributed by atoms with Gasteiger partial charge in [-0.3, -0.25) is 0 Å². The van der Waals surface area contributed by atoms with E-state index < -0.39 is 0 Å². The van der Waals surface area contributed by atoms with Crippen LogP contribution in [0, 0.1) is 6.92 Å². The molecule has 0 spiro atoms. The molecule has 2 aromatic rings. The Balaban J connectivity index is 0.00000144. The molecule has 1 aromatic heterocycles. The first-order chi connectivity index (χ1) is 7.79. The second-order valence-corrected chi connectivity index (χ2v) is 3.83. The van der Waals surface area contributed by atoms with Crippen molar-refractivity contribution in [1.29, 1.82) is 0 Å². The molecular weight excluding hydrogens is 234 g/mol. The summed E-state index contributed by atoms with van der Waals surface area (Å²) < 4.78 is 1.98. The lowest BCUT2D eigenvalue weighted by molar-refractivity contribution is 0.657. The molecule has 0 saturated carbocycles. The Morgan fingerprint density at radius 1 is 1.24 bits per heavy atom. The Morgan fingerprint density at radius 3 is 2.59 bits per heavy atom. The maximum absolute atomic E-state index is 4.40. The predicted octanol–water partition coefficient (Wildman–Crippen LogP) is 3.25. The first-order valence-corrected chi connectivity index (χ1v) is 5.62. The maximum Gasteiger partial charge on any atom is 0.124 e. The van der Waals surface area contributed by atoms with Crippen LogP contribution in [-0.2, 0) is 13.1 Å². The van der Waals surface area contributed by atoms with Gasteiger partial charge in [0.05, 0.1) is 5.69 Å². The average molecular weight is 252 g/mol. The Kier molecular flexibility index (Phi) is 5.04. The molecular formula is C13H18ClN3. The van der Waals surface area contributed by atoms with Gasteiger partial charge in [0, 0.05) is 19.2 Å². The summed E-state index contributed by atoms with van der Waals surface area (Å²) in [5, 5.41) is 7.80. The number of nitrogens with zero attached hydrogens (tertiary/aromatic N) is 2. The van der Waals surface area contributed by atoms with E-state index in [-0.39, 0.29) is 12.4 Å². The average Bonchev–Trinajstić information content (AvgIpc) is 2.68. The van der Waals surface area contributed by atoms with E-state index in [2.05, 4.69) is 47.7 Å². The second-order valence-electron chi connectivity index (χ2n) is 3.83. The molecule has 2 rings (SSSR count). The topological polar surface area (TPSA) is 29.9 Å². The van der Waals surface area contributed by atoms with Gasteiger partial charge in [0.15, 0.2) is 0 Å². The van der Waals surface area contributed by atoms with E-state index in [0.29, 0.717) is 0 Å². The van der Waals surface area contributed by atoms with Gasteiger partial charge in [-0.2, -0.15) is 5.10 Å². The van der Waals surface area contributed by atoms with Crippen molar-refractivity contribution in [3.8, 4) is 0 Å². The Bertz CT molecular complexity index is 451. The van der Waals surface area contributed by atoms with Crippen LogP contribution in [0.3, 0.4) is 0 Å². The number of halogens is 1. The molecule has 0 saturated heterocycles. The standard InChI is InChI=1S/C13H17N3.ClH/c1-3-16-13(9-11(2)15-16)14-10-12-7-5-4-6-8-12;/h4-9,14H,3,10H2,1-2H3;1H. The van der Waals surface area contributed by atoms with Crippen molar-refractivity contribution in [3.05, 3.63) is 47.7 Å². The van der Waals surface area contributed by atoms with Crippen LogP contribution in [0.5, 0.6) is 0 Å². The highest BCUT2D eigenvalue weighted by molar-refractivity contribution is 5.85. The molecule has 0 aliphatic heterocycles. The van der Waals surface area contributed by atoms with Crippen LogP contribution in [0.4, 0.5) is 5.82 Å². The lowest BCUT2D eigenvalue weighted by Crippen LogP contribution is -2.06. The summed E-state index contributed by atoms with van der Waals surface area (Å²) in [6, 6.07) is 12.5. The minimum absolute atomic E-state index is 0. The van der Waals surface area contributed by atoms with E-state index in [0.717, 1.165) is 24.6 Å². The number of rotatable bonds is 4. The molecule has 4 heteroatoms. The Morgan fingerprint density at radius 2 is 1.94 bits per heavy atom. The lowest BCUT2D eigenvalue weighted by Gasteiger charge is -2.07. The van der Waals surface area contributed by atoms with Crippen molar-refractivity contribution in [2.24, 2.45) is 0 Å². The van der Waals surface area contributed by atoms with E-state index >= 15 is 0 Å². The Labute approximate surface area is 108 Å². The van der Waals surface area contributed by atoms with Gasteiger partial charge in [-0.1, -0.05) is 30.3 Å². The van der Waals surface area contributed by atoms with Crippen LogP contribution < -0.4 is 5.32 Å². The normalized spacial score (nSPS) is 9.76. The second kappa shape index (κ2) is 6.30. The monoisotopic (exact) mass is 251 g/mol. The molecule has 1 N–H and O–H groups in total. The van der Waals surface area contributed by atoms with Crippen LogP contribution in [0.15, 0.2) is 36.4 Å². The van der Waals surface area contributed by atoms with Gasteiger partial charge in [0.1, 0.15) is 5.82 Å². The van der Waals surface area contributed by atoms with Crippen LogP contribution in [0.25, 0.3) is 0 Å². The summed E-state index contributed by atoms with van der Waals surface area (Å²) in [7, 11) is 0. The van der Waals surface area contributed by atoms with E-state index in [4.69, 9.17) is 0 Å². The fourth-order valence-electron chi connectivity index (χ4n) is 1.72. The van der Waals surface area contributed by atoms with Gasteiger partial charge in [-0.15, -0.1) is 12.4 Å². The number of hydrogen-bond acceptors (Lipinski definition) is 2. The van der Waals surface area contributed by atoms with E-state index in [9.17, 15) is 0 Å². The van der Waals surface area contributed by atoms with Gasteiger partial charge in [0.25, 0.3) is 0 Å². The van der Waals surface area contributed by atoms with Gasteiger partial charge in [-0.05, 0) is 19.4 Å². The zero-order chi connectivity index (χ0) is 11.4. The fraction of sp³-hybridized carbons (Fsp3) is 0.308. The molecule has 0 radical (unpaired) electrons. The predicted molar refractivity (Wildman–Crippen MR) is 73.7 cm³/mol. The van der Waals surface area contributed by atoms with Crippen molar-refractivity contribution in [2.75, 3.05) is 5.32 Å². The zero-order valence-corrected chi connectivity index (χ0v) is 11.0. The third kappa shape index (κ3) is 3.49. The first-order valence-electron chi connectivity index (χ1n) is 5.62. The molecule has 3 nitrogen and oxygen atoms in total. The lowest BCUT2D eigenvalue weighted by atomic mass is 10.2. The number of benzene rings is 1. The summed E-state index contributed by atoms with van der Waals surface area (Å²) in [6.45, 7) is 5.84. The molecule has 17 heavy (non-hydrogen) atoms. The molecule has 92 valence electrons. The molecule has 0 aliphatic carbocycles. The number of anilines is 1. The minimum atomic E-state index is 0. The van der Waals surface area contributed by atoms with Crippen LogP contribution >= 0.6 is 12.4 Å². The summed E-state index contributed by atoms with van der Waals surface area (Å²) in [4.78, 5) is 0. The SMILES string of the molecule is CCn1nc(C)cc1NCc1ccccc1.Cl.